The van der Waals surface area contributed by atoms with E-state index in [4.69, 9.17) is 38.7 Å². The molecule has 35 heavy (non-hydrogen) atoms. The van der Waals surface area contributed by atoms with E-state index >= 15 is 0 Å². The number of primary amides is 1. The molecule has 0 unspecified atom stereocenters. The number of amides is 1. The van der Waals surface area contributed by atoms with Crippen LogP contribution in [0.2, 0.25) is 10.0 Å². The normalized spacial score (nSPS) is 18.1. The van der Waals surface area contributed by atoms with E-state index in [1.54, 1.807) is 13.2 Å². The second-order valence-electron chi connectivity index (χ2n) is 10.1. The van der Waals surface area contributed by atoms with Crippen molar-refractivity contribution in [2.24, 2.45) is 17.6 Å². The van der Waals surface area contributed by atoms with Gasteiger partial charge in [-0.05, 0) is 67.9 Å². The number of rotatable bonds is 6. The van der Waals surface area contributed by atoms with Crippen LogP contribution < -0.4 is 10.5 Å². The van der Waals surface area contributed by atoms with Gasteiger partial charge in [0, 0.05) is 11.6 Å². The molecule has 2 aromatic carbocycles. The molecule has 1 heterocycles. The molecule has 1 amide bonds. The number of nitrogens with two attached hydrogens (primary N) is 1. The van der Waals surface area contributed by atoms with Crippen molar-refractivity contribution in [3.63, 3.8) is 0 Å². The van der Waals surface area contributed by atoms with Crippen LogP contribution in [-0.2, 0) is 10.3 Å². The average Bonchev–Trinajstić information content (AvgIpc) is 3.26. The van der Waals surface area contributed by atoms with Crippen molar-refractivity contribution < 1.29 is 9.53 Å². The van der Waals surface area contributed by atoms with Gasteiger partial charge in [-0.15, -0.1) is 0 Å². The first-order valence-electron chi connectivity index (χ1n) is 12.8. The van der Waals surface area contributed by atoms with Gasteiger partial charge in [0.1, 0.15) is 17.1 Å². The summed E-state index contributed by atoms with van der Waals surface area (Å²) < 4.78 is 7.77. The maximum Gasteiger partial charge on any atom is 0.244 e. The molecule has 2 fully saturated rings. The quantitative estimate of drug-likeness (QED) is 0.374. The third kappa shape index (κ3) is 4.21. The van der Waals surface area contributed by atoms with Gasteiger partial charge in [0.25, 0.3) is 0 Å². The molecule has 0 aliphatic heterocycles. The maximum absolute atomic E-state index is 13.9. The zero-order valence-corrected chi connectivity index (χ0v) is 21.7. The minimum Gasteiger partial charge on any atom is -0.497 e. The Morgan fingerprint density at radius 2 is 1.57 bits per heavy atom. The van der Waals surface area contributed by atoms with Crippen molar-refractivity contribution in [2.75, 3.05) is 7.11 Å². The van der Waals surface area contributed by atoms with Crippen LogP contribution in [0.4, 0.5) is 0 Å². The number of nitrogens with zero attached hydrogens (tertiary/aromatic N) is 2. The molecule has 0 spiro atoms. The molecular formula is C28H33Cl2N3O2. The van der Waals surface area contributed by atoms with Gasteiger partial charge >= 0.3 is 0 Å². The number of hydrogen-bond donors (Lipinski definition) is 1. The molecule has 186 valence electrons. The van der Waals surface area contributed by atoms with E-state index in [0.717, 1.165) is 73.7 Å². The predicted octanol–water partition coefficient (Wildman–Crippen LogP) is 7.36. The monoisotopic (exact) mass is 513 g/mol. The summed E-state index contributed by atoms with van der Waals surface area (Å²) in [5.41, 5.74) is 8.16. The molecule has 5 nitrogen and oxygen atoms in total. The molecule has 2 aliphatic carbocycles. The van der Waals surface area contributed by atoms with Crippen molar-refractivity contribution in [1.29, 1.82) is 0 Å². The summed E-state index contributed by atoms with van der Waals surface area (Å²) in [6, 6.07) is 11.4. The Bertz CT molecular complexity index is 1210. The number of fused-ring (bicyclic) bond motifs is 1. The summed E-state index contributed by atoms with van der Waals surface area (Å²) in [5.74, 6) is 1.50. The molecule has 5 rings (SSSR count). The number of methoxy groups -OCH3 is 1. The van der Waals surface area contributed by atoms with Gasteiger partial charge < -0.3 is 15.0 Å². The van der Waals surface area contributed by atoms with Gasteiger partial charge in [-0.1, -0.05) is 61.7 Å². The van der Waals surface area contributed by atoms with Crippen molar-refractivity contribution in [2.45, 2.75) is 69.7 Å². The molecule has 3 aromatic rings. The second-order valence-corrected chi connectivity index (χ2v) is 10.9. The summed E-state index contributed by atoms with van der Waals surface area (Å²) in [6.45, 7) is 0. The summed E-state index contributed by atoms with van der Waals surface area (Å²) >= 11 is 12.7. The standard InChI is InChI=1S/C28H33Cl2N3O2/c1-35-21-13-15-24-25(17-21)33(26(32-24)18-12-14-22(29)23(30)16-18)28(27(31)34,19-8-4-2-5-9-19)20-10-6-3-7-11-20/h12-17,19-20H,2-11H2,1H3,(H2,31,34). The fraction of sp³-hybridized carbons (Fsp3) is 0.500. The number of hydrogen-bond acceptors (Lipinski definition) is 3. The van der Waals surface area contributed by atoms with E-state index in [1.807, 2.05) is 30.3 Å². The number of halogens is 2. The molecule has 0 bridgehead atoms. The lowest BCUT2D eigenvalue weighted by Crippen LogP contribution is -2.58. The average molecular weight is 514 g/mol. The van der Waals surface area contributed by atoms with E-state index in [9.17, 15) is 4.79 Å². The Kier molecular flexibility index (Phi) is 7.00. The minimum absolute atomic E-state index is 0.155. The first-order valence-corrected chi connectivity index (χ1v) is 13.5. The number of benzene rings is 2. The van der Waals surface area contributed by atoms with Crippen LogP contribution in [0.5, 0.6) is 5.75 Å². The van der Waals surface area contributed by atoms with Crippen LogP contribution in [0.15, 0.2) is 36.4 Å². The molecule has 2 N–H and O–H groups in total. The Labute approximate surface area is 216 Å². The van der Waals surface area contributed by atoms with E-state index in [1.165, 1.54) is 12.8 Å². The van der Waals surface area contributed by atoms with Gasteiger partial charge in [0.15, 0.2) is 0 Å². The smallest absolute Gasteiger partial charge is 0.244 e. The molecule has 7 heteroatoms. The van der Waals surface area contributed by atoms with Crippen molar-refractivity contribution in [3.05, 3.63) is 46.4 Å². The molecule has 0 radical (unpaired) electrons. The molecular weight excluding hydrogens is 481 g/mol. The van der Waals surface area contributed by atoms with Gasteiger partial charge in [0.2, 0.25) is 5.91 Å². The summed E-state index contributed by atoms with van der Waals surface area (Å²) in [4.78, 5) is 19.0. The number of ether oxygens (including phenoxy) is 1. The fourth-order valence-corrected chi connectivity index (χ4v) is 6.98. The number of aromatic nitrogens is 2. The van der Waals surface area contributed by atoms with E-state index < -0.39 is 5.54 Å². The highest BCUT2D eigenvalue weighted by atomic mass is 35.5. The van der Waals surface area contributed by atoms with Crippen molar-refractivity contribution in [1.82, 2.24) is 9.55 Å². The predicted molar refractivity (Wildman–Crippen MR) is 142 cm³/mol. The number of carbonyl (C=O) groups is 1. The van der Waals surface area contributed by atoms with Gasteiger partial charge in [-0.3, -0.25) is 4.79 Å². The molecule has 2 saturated carbocycles. The molecule has 0 saturated heterocycles. The number of imidazole rings is 1. The molecule has 1 aromatic heterocycles. The minimum atomic E-state index is -0.872. The largest absolute Gasteiger partial charge is 0.497 e. The van der Waals surface area contributed by atoms with Crippen molar-refractivity contribution in [3.8, 4) is 17.1 Å². The van der Waals surface area contributed by atoms with Gasteiger partial charge in [-0.25, -0.2) is 4.98 Å². The third-order valence-electron chi connectivity index (χ3n) is 8.26. The summed E-state index contributed by atoms with van der Waals surface area (Å²) in [7, 11) is 1.66. The summed E-state index contributed by atoms with van der Waals surface area (Å²) in [5, 5.41) is 0.945. The zero-order valence-electron chi connectivity index (χ0n) is 20.2. The maximum atomic E-state index is 13.9. The topological polar surface area (TPSA) is 70.1 Å². The van der Waals surface area contributed by atoms with Gasteiger partial charge in [-0.2, -0.15) is 0 Å². The Morgan fingerprint density at radius 1 is 0.943 bits per heavy atom. The first-order chi connectivity index (χ1) is 17.0. The van der Waals surface area contributed by atoms with Crippen LogP contribution >= 0.6 is 23.2 Å². The van der Waals surface area contributed by atoms with E-state index in [2.05, 4.69) is 4.57 Å². The Hall–Kier alpha value is -2.24. The van der Waals surface area contributed by atoms with E-state index in [-0.39, 0.29) is 17.7 Å². The Morgan fingerprint density at radius 3 is 2.11 bits per heavy atom. The van der Waals surface area contributed by atoms with Crippen LogP contribution in [-0.4, -0.2) is 22.6 Å². The van der Waals surface area contributed by atoms with Gasteiger partial charge in [0.05, 0.1) is 28.2 Å². The zero-order chi connectivity index (χ0) is 24.6. The second kappa shape index (κ2) is 10.0. The first kappa shape index (κ1) is 24.5. The highest BCUT2D eigenvalue weighted by Crippen LogP contribution is 2.51. The lowest BCUT2D eigenvalue weighted by atomic mass is 9.63. The Balaban J connectivity index is 1.86. The van der Waals surface area contributed by atoms with Crippen LogP contribution in [0, 0.1) is 11.8 Å². The van der Waals surface area contributed by atoms with Crippen LogP contribution in [0.1, 0.15) is 64.2 Å². The molecule has 0 atom stereocenters. The van der Waals surface area contributed by atoms with Crippen LogP contribution in [0.3, 0.4) is 0 Å². The van der Waals surface area contributed by atoms with Crippen molar-refractivity contribution >= 4 is 40.1 Å². The van der Waals surface area contributed by atoms with Crippen LogP contribution in [0.25, 0.3) is 22.4 Å². The highest BCUT2D eigenvalue weighted by Gasteiger charge is 2.53. The highest BCUT2D eigenvalue weighted by molar-refractivity contribution is 6.42. The lowest BCUT2D eigenvalue weighted by Gasteiger charge is -2.48. The van der Waals surface area contributed by atoms with E-state index in [0.29, 0.717) is 15.9 Å². The summed E-state index contributed by atoms with van der Waals surface area (Å²) in [6.07, 6.45) is 10.8. The number of carbonyl (C=O) groups excluding carboxylic acids is 1. The third-order valence-corrected chi connectivity index (χ3v) is 9.00. The fourth-order valence-electron chi connectivity index (χ4n) is 6.68. The molecule has 2 aliphatic rings. The SMILES string of the molecule is COc1ccc2nc(-c3ccc(Cl)c(Cl)c3)n(C(C(N)=O)(C3CCCCC3)C3CCCCC3)c2c1. The lowest BCUT2D eigenvalue weighted by molar-refractivity contribution is -0.135.